The summed E-state index contributed by atoms with van der Waals surface area (Å²) >= 11 is 0. The molecule has 5 heteroatoms. The first kappa shape index (κ1) is 14.5. The number of aryl methyl sites for hydroxylation is 1. The fourth-order valence-corrected chi connectivity index (χ4v) is 2.34. The Morgan fingerprint density at radius 1 is 1.47 bits per heavy atom. The number of nitrogens with one attached hydrogen (secondary N) is 1. The lowest BCUT2D eigenvalue weighted by Crippen LogP contribution is -2.34. The molecule has 0 spiro atoms. The van der Waals surface area contributed by atoms with Crippen molar-refractivity contribution in [2.45, 2.75) is 26.3 Å². The van der Waals surface area contributed by atoms with Crippen molar-refractivity contribution in [1.29, 1.82) is 0 Å². The third-order valence-corrected chi connectivity index (χ3v) is 3.14. The van der Waals surface area contributed by atoms with Crippen molar-refractivity contribution in [2.24, 2.45) is 5.92 Å². The zero-order valence-electron chi connectivity index (χ0n) is 10.6. The molecule has 0 aromatic carbocycles. The Hall–Kier alpha value is -0.580. The van der Waals surface area contributed by atoms with E-state index in [1.165, 1.54) is 25.9 Å². The van der Waals surface area contributed by atoms with E-state index in [0.717, 1.165) is 30.5 Å². The lowest BCUT2D eigenvalue weighted by molar-refractivity contribution is 0.229. The van der Waals surface area contributed by atoms with Crippen LogP contribution in [0.4, 0.5) is 0 Å². The molecule has 17 heavy (non-hydrogen) atoms. The zero-order chi connectivity index (χ0) is 11.4. The minimum Gasteiger partial charge on any atom is -0.361 e. The summed E-state index contributed by atoms with van der Waals surface area (Å²) in [5.74, 6) is 1.73. The summed E-state index contributed by atoms with van der Waals surface area (Å²) in [5, 5.41) is 7.41. The quantitative estimate of drug-likeness (QED) is 0.896. The maximum absolute atomic E-state index is 5.07. The second-order valence-electron chi connectivity index (χ2n) is 4.82. The minimum atomic E-state index is 0. The van der Waals surface area contributed by atoms with Crippen LogP contribution in [0.25, 0.3) is 0 Å². The number of nitrogens with zero attached hydrogens (tertiary/aromatic N) is 2. The molecule has 0 amide bonds. The molecule has 1 N–H and O–H groups in total. The molecule has 2 heterocycles. The molecule has 0 unspecified atom stereocenters. The van der Waals surface area contributed by atoms with Crippen LogP contribution in [0.15, 0.2) is 10.6 Å². The number of rotatable bonds is 4. The van der Waals surface area contributed by atoms with Gasteiger partial charge in [-0.1, -0.05) is 5.16 Å². The van der Waals surface area contributed by atoms with Gasteiger partial charge in [-0.25, -0.2) is 0 Å². The third-order valence-electron chi connectivity index (χ3n) is 3.14. The zero-order valence-corrected chi connectivity index (χ0v) is 11.4. The van der Waals surface area contributed by atoms with Gasteiger partial charge in [0.25, 0.3) is 0 Å². The molecule has 1 saturated heterocycles. The third kappa shape index (κ3) is 4.66. The lowest BCUT2D eigenvalue weighted by atomic mass is 9.98. The van der Waals surface area contributed by atoms with E-state index < -0.39 is 0 Å². The average molecular weight is 260 g/mol. The molecule has 98 valence electrons. The monoisotopic (exact) mass is 259 g/mol. The van der Waals surface area contributed by atoms with Gasteiger partial charge in [0.05, 0.1) is 5.69 Å². The van der Waals surface area contributed by atoms with E-state index in [9.17, 15) is 0 Å². The van der Waals surface area contributed by atoms with Gasteiger partial charge >= 0.3 is 0 Å². The van der Waals surface area contributed by atoms with Crippen LogP contribution in [0.1, 0.15) is 24.3 Å². The van der Waals surface area contributed by atoms with Crippen molar-refractivity contribution in [3.8, 4) is 0 Å². The Kier molecular flexibility index (Phi) is 5.95. The molecular formula is C12H22ClN3O. The number of aromatic nitrogens is 1. The number of piperidine rings is 1. The van der Waals surface area contributed by atoms with E-state index >= 15 is 0 Å². The van der Waals surface area contributed by atoms with E-state index in [-0.39, 0.29) is 12.4 Å². The SMILES string of the molecule is Cc1cc(CN(C)CC2CCNCC2)no1.Cl. The van der Waals surface area contributed by atoms with Crippen LogP contribution < -0.4 is 5.32 Å². The number of halogens is 1. The molecule has 1 aromatic rings. The standard InChI is InChI=1S/C12H21N3O.ClH/c1-10-7-12(14-16-10)9-15(2)8-11-3-5-13-6-4-11;/h7,11,13H,3-6,8-9H2,1-2H3;1H. The molecule has 1 aromatic heterocycles. The molecule has 0 saturated carbocycles. The highest BCUT2D eigenvalue weighted by atomic mass is 35.5. The smallest absolute Gasteiger partial charge is 0.133 e. The summed E-state index contributed by atoms with van der Waals surface area (Å²) in [4.78, 5) is 2.34. The van der Waals surface area contributed by atoms with E-state index in [1.807, 2.05) is 13.0 Å². The summed E-state index contributed by atoms with van der Waals surface area (Å²) in [7, 11) is 2.16. The number of hydrogen-bond acceptors (Lipinski definition) is 4. The molecule has 0 radical (unpaired) electrons. The summed E-state index contributed by atoms with van der Waals surface area (Å²) in [5.41, 5.74) is 1.04. The van der Waals surface area contributed by atoms with E-state index in [2.05, 4.69) is 22.4 Å². The van der Waals surface area contributed by atoms with Crippen LogP contribution in [0.3, 0.4) is 0 Å². The first-order valence-electron chi connectivity index (χ1n) is 6.05. The van der Waals surface area contributed by atoms with Crippen molar-refractivity contribution < 1.29 is 4.52 Å². The van der Waals surface area contributed by atoms with Crippen LogP contribution in [-0.2, 0) is 6.54 Å². The van der Waals surface area contributed by atoms with E-state index in [4.69, 9.17) is 4.52 Å². The van der Waals surface area contributed by atoms with Gasteiger partial charge in [0.2, 0.25) is 0 Å². The Balaban J connectivity index is 0.00000144. The maximum Gasteiger partial charge on any atom is 0.133 e. The summed E-state index contributed by atoms with van der Waals surface area (Å²) < 4.78 is 5.07. The van der Waals surface area contributed by atoms with Gasteiger partial charge in [-0.2, -0.15) is 0 Å². The lowest BCUT2D eigenvalue weighted by Gasteiger charge is -2.26. The second kappa shape index (κ2) is 6.99. The molecule has 0 atom stereocenters. The van der Waals surface area contributed by atoms with Crippen LogP contribution in [0, 0.1) is 12.8 Å². The molecule has 1 aliphatic heterocycles. The van der Waals surface area contributed by atoms with Gasteiger partial charge < -0.3 is 14.7 Å². The topological polar surface area (TPSA) is 41.3 Å². The van der Waals surface area contributed by atoms with Gasteiger partial charge in [-0.05, 0) is 45.8 Å². The summed E-state index contributed by atoms with van der Waals surface area (Å²) in [6, 6.07) is 2.01. The van der Waals surface area contributed by atoms with Gasteiger partial charge in [-0.3, -0.25) is 0 Å². The Labute approximate surface area is 109 Å². The van der Waals surface area contributed by atoms with Crippen LogP contribution in [-0.4, -0.2) is 36.7 Å². The van der Waals surface area contributed by atoms with Crippen molar-refractivity contribution >= 4 is 12.4 Å². The van der Waals surface area contributed by atoms with Crippen molar-refractivity contribution in [1.82, 2.24) is 15.4 Å². The van der Waals surface area contributed by atoms with E-state index in [1.54, 1.807) is 0 Å². The Bertz CT molecular complexity index is 323. The largest absolute Gasteiger partial charge is 0.361 e. The fourth-order valence-electron chi connectivity index (χ4n) is 2.34. The molecule has 1 aliphatic rings. The summed E-state index contributed by atoms with van der Waals surface area (Å²) in [6.45, 7) is 6.32. The maximum atomic E-state index is 5.07. The predicted molar refractivity (Wildman–Crippen MR) is 70.4 cm³/mol. The highest BCUT2D eigenvalue weighted by molar-refractivity contribution is 5.85. The van der Waals surface area contributed by atoms with Gasteiger partial charge in [0.1, 0.15) is 5.76 Å². The van der Waals surface area contributed by atoms with Crippen LogP contribution in [0.5, 0.6) is 0 Å². The highest BCUT2D eigenvalue weighted by Crippen LogP contribution is 2.14. The molecular weight excluding hydrogens is 238 g/mol. The normalized spacial score (nSPS) is 17.1. The molecule has 2 rings (SSSR count). The minimum absolute atomic E-state index is 0. The van der Waals surface area contributed by atoms with Gasteiger partial charge in [0, 0.05) is 19.2 Å². The molecule has 4 nitrogen and oxygen atoms in total. The highest BCUT2D eigenvalue weighted by Gasteiger charge is 2.15. The van der Waals surface area contributed by atoms with Gasteiger partial charge in [-0.15, -0.1) is 12.4 Å². The number of hydrogen-bond donors (Lipinski definition) is 1. The van der Waals surface area contributed by atoms with Crippen LogP contribution in [0.2, 0.25) is 0 Å². The Morgan fingerprint density at radius 3 is 2.76 bits per heavy atom. The van der Waals surface area contributed by atoms with Crippen molar-refractivity contribution in [3.05, 3.63) is 17.5 Å². The second-order valence-corrected chi connectivity index (χ2v) is 4.82. The average Bonchev–Trinajstić information content (AvgIpc) is 2.65. The van der Waals surface area contributed by atoms with Crippen molar-refractivity contribution in [3.63, 3.8) is 0 Å². The van der Waals surface area contributed by atoms with Crippen LogP contribution >= 0.6 is 12.4 Å². The van der Waals surface area contributed by atoms with Crippen molar-refractivity contribution in [2.75, 3.05) is 26.7 Å². The fraction of sp³-hybridized carbons (Fsp3) is 0.750. The van der Waals surface area contributed by atoms with Gasteiger partial charge in [0.15, 0.2) is 0 Å². The summed E-state index contributed by atoms with van der Waals surface area (Å²) in [6.07, 6.45) is 2.59. The molecule has 0 bridgehead atoms. The first-order valence-corrected chi connectivity index (χ1v) is 6.05. The first-order chi connectivity index (χ1) is 7.74. The molecule has 1 fully saturated rings. The Morgan fingerprint density at radius 2 is 2.18 bits per heavy atom. The molecule has 0 aliphatic carbocycles. The predicted octanol–water partition coefficient (Wildman–Crippen LogP) is 1.84. The van der Waals surface area contributed by atoms with E-state index in [0.29, 0.717) is 0 Å².